The monoisotopic (exact) mass is 328 g/mol. The summed E-state index contributed by atoms with van der Waals surface area (Å²) in [4.78, 5) is 24.5. The van der Waals surface area contributed by atoms with Gasteiger partial charge in [-0.3, -0.25) is 9.59 Å². The maximum atomic E-state index is 11.8. The Bertz CT molecular complexity index is 658. The number of carbonyl (C=O) groups is 2. The van der Waals surface area contributed by atoms with Crippen molar-refractivity contribution in [2.45, 2.75) is 17.4 Å². The molecule has 2 rings (SSSR count). The lowest BCUT2D eigenvalue weighted by Gasteiger charge is -2.11. The molecule has 0 bridgehead atoms. The van der Waals surface area contributed by atoms with Crippen LogP contribution in [0.1, 0.15) is 6.42 Å². The number of rotatable bonds is 3. The number of hydrogen-bond donors (Lipinski definition) is 2. The third-order valence-corrected chi connectivity index (χ3v) is 5.59. The fraction of sp³-hybridized carbons (Fsp3) is 0.385. The Morgan fingerprint density at radius 2 is 2.05 bits per heavy atom. The third kappa shape index (κ3) is 4.47. The predicted octanol–water partition coefficient (Wildman–Crippen LogP) is 0.650. The summed E-state index contributed by atoms with van der Waals surface area (Å²) >= 11 is 1.53. The van der Waals surface area contributed by atoms with E-state index in [0.29, 0.717) is 12.1 Å². The number of amides is 2. The highest BCUT2D eigenvalue weighted by atomic mass is 32.2. The van der Waals surface area contributed by atoms with E-state index in [-0.39, 0.29) is 11.5 Å². The van der Waals surface area contributed by atoms with Crippen LogP contribution in [-0.2, 0) is 19.4 Å². The van der Waals surface area contributed by atoms with E-state index >= 15 is 0 Å². The SMILES string of the molecule is CSc1cccc(NC(=O)C(=O)NC2CCS(=O)(=O)C2)c1. The van der Waals surface area contributed by atoms with Crippen molar-refractivity contribution in [2.24, 2.45) is 0 Å². The molecule has 1 aromatic rings. The third-order valence-electron chi connectivity index (χ3n) is 3.10. The van der Waals surface area contributed by atoms with Crippen molar-refractivity contribution in [1.82, 2.24) is 5.32 Å². The van der Waals surface area contributed by atoms with Crippen molar-refractivity contribution in [1.29, 1.82) is 0 Å². The summed E-state index contributed by atoms with van der Waals surface area (Å²) in [5.74, 6) is -1.66. The number of hydrogen-bond acceptors (Lipinski definition) is 5. The van der Waals surface area contributed by atoms with Crippen LogP contribution in [0.4, 0.5) is 5.69 Å². The largest absolute Gasteiger partial charge is 0.344 e. The number of benzene rings is 1. The Hall–Kier alpha value is -1.54. The summed E-state index contributed by atoms with van der Waals surface area (Å²) < 4.78 is 22.6. The van der Waals surface area contributed by atoms with E-state index in [4.69, 9.17) is 0 Å². The first-order valence-electron chi connectivity index (χ1n) is 6.36. The summed E-state index contributed by atoms with van der Waals surface area (Å²) in [7, 11) is -3.08. The highest BCUT2D eigenvalue weighted by Crippen LogP contribution is 2.19. The topological polar surface area (TPSA) is 92.3 Å². The molecule has 114 valence electrons. The average Bonchev–Trinajstić information content (AvgIpc) is 2.78. The second-order valence-corrected chi connectivity index (χ2v) is 7.87. The molecule has 0 aromatic heterocycles. The molecule has 1 aromatic carbocycles. The smallest absolute Gasteiger partial charge is 0.313 e. The number of thioether (sulfide) groups is 1. The summed E-state index contributed by atoms with van der Waals surface area (Å²) in [5.41, 5.74) is 0.529. The van der Waals surface area contributed by atoms with E-state index in [2.05, 4.69) is 10.6 Å². The van der Waals surface area contributed by atoms with Gasteiger partial charge in [-0.05, 0) is 30.9 Å². The summed E-state index contributed by atoms with van der Waals surface area (Å²) in [6.07, 6.45) is 2.26. The van der Waals surface area contributed by atoms with Gasteiger partial charge in [-0.15, -0.1) is 11.8 Å². The van der Waals surface area contributed by atoms with Crippen LogP contribution in [0.3, 0.4) is 0 Å². The standard InChI is InChI=1S/C13H16N2O4S2/c1-20-11-4-2-3-9(7-11)14-12(16)13(17)15-10-5-6-21(18,19)8-10/h2-4,7,10H,5-6,8H2,1H3,(H,14,16)(H,15,17). The molecule has 8 heteroatoms. The van der Waals surface area contributed by atoms with E-state index in [1.54, 1.807) is 18.2 Å². The lowest BCUT2D eigenvalue weighted by molar-refractivity contribution is -0.136. The highest BCUT2D eigenvalue weighted by molar-refractivity contribution is 7.98. The van der Waals surface area contributed by atoms with Gasteiger partial charge >= 0.3 is 11.8 Å². The molecule has 0 radical (unpaired) electrons. The van der Waals surface area contributed by atoms with Gasteiger partial charge in [0.05, 0.1) is 11.5 Å². The normalized spacial score (nSPS) is 20.0. The second kappa shape index (κ2) is 6.48. The zero-order chi connectivity index (χ0) is 15.5. The van der Waals surface area contributed by atoms with Gasteiger partial charge in [0.25, 0.3) is 0 Å². The van der Waals surface area contributed by atoms with E-state index in [1.807, 2.05) is 12.3 Å². The van der Waals surface area contributed by atoms with E-state index in [1.165, 1.54) is 11.8 Å². The van der Waals surface area contributed by atoms with Crippen molar-refractivity contribution < 1.29 is 18.0 Å². The molecule has 0 spiro atoms. The molecule has 21 heavy (non-hydrogen) atoms. The van der Waals surface area contributed by atoms with Crippen molar-refractivity contribution in [2.75, 3.05) is 23.1 Å². The minimum atomic E-state index is -3.08. The van der Waals surface area contributed by atoms with Crippen molar-refractivity contribution in [3.63, 3.8) is 0 Å². The average molecular weight is 328 g/mol. The van der Waals surface area contributed by atoms with Crippen LogP contribution in [0.15, 0.2) is 29.2 Å². The van der Waals surface area contributed by atoms with E-state index in [9.17, 15) is 18.0 Å². The van der Waals surface area contributed by atoms with Crippen LogP contribution < -0.4 is 10.6 Å². The maximum Gasteiger partial charge on any atom is 0.313 e. The van der Waals surface area contributed by atoms with Gasteiger partial charge in [-0.25, -0.2) is 8.42 Å². The molecule has 1 fully saturated rings. The molecule has 6 nitrogen and oxygen atoms in total. The van der Waals surface area contributed by atoms with Crippen LogP contribution in [0.2, 0.25) is 0 Å². The molecular formula is C13H16N2O4S2. The molecule has 1 saturated heterocycles. The van der Waals surface area contributed by atoms with Crippen LogP contribution in [-0.4, -0.2) is 44.0 Å². The van der Waals surface area contributed by atoms with Crippen LogP contribution >= 0.6 is 11.8 Å². The van der Waals surface area contributed by atoms with Crippen molar-refractivity contribution in [3.05, 3.63) is 24.3 Å². The molecular weight excluding hydrogens is 312 g/mol. The van der Waals surface area contributed by atoms with Crippen molar-refractivity contribution >= 4 is 39.1 Å². The van der Waals surface area contributed by atoms with Gasteiger partial charge in [-0.2, -0.15) is 0 Å². The second-order valence-electron chi connectivity index (χ2n) is 4.76. The first-order chi connectivity index (χ1) is 9.89. The molecule has 0 saturated carbocycles. The van der Waals surface area contributed by atoms with Gasteiger partial charge in [0.15, 0.2) is 9.84 Å². The molecule has 1 atom stereocenters. The Morgan fingerprint density at radius 1 is 1.29 bits per heavy atom. The number of carbonyl (C=O) groups excluding carboxylic acids is 2. The van der Waals surface area contributed by atoms with E-state index in [0.717, 1.165) is 4.90 Å². The lowest BCUT2D eigenvalue weighted by Crippen LogP contribution is -2.42. The highest BCUT2D eigenvalue weighted by Gasteiger charge is 2.30. The molecule has 1 aliphatic rings. The van der Waals surface area contributed by atoms with Crippen molar-refractivity contribution in [3.8, 4) is 0 Å². The zero-order valence-corrected chi connectivity index (χ0v) is 13.1. The summed E-state index contributed by atoms with van der Waals surface area (Å²) in [6, 6.07) is 6.64. The number of nitrogens with one attached hydrogen (secondary N) is 2. The minimum absolute atomic E-state index is 0.0509. The molecule has 2 amide bonds. The van der Waals surface area contributed by atoms with Crippen LogP contribution in [0.25, 0.3) is 0 Å². The Balaban J connectivity index is 1.92. The molecule has 2 N–H and O–H groups in total. The molecule has 1 unspecified atom stereocenters. The summed E-state index contributed by atoms with van der Waals surface area (Å²) in [6.45, 7) is 0. The fourth-order valence-corrected chi connectivity index (χ4v) is 4.18. The van der Waals surface area contributed by atoms with Gasteiger partial charge in [0, 0.05) is 16.6 Å². The van der Waals surface area contributed by atoms with Crippen LogP contribution in [0.5, 0.6) is 0 Å². The van der Waals surface area contributed by atoms with Gasteiger partial charge in [0.2, 0.25) is 0 Å². The van der Waals surface area contributed by atoms with Gasteiger partial charge in [0.1, 0.15) is 0 Å². The molecule has 0 aliphatic carbocycles. The minimum Gasteiger partial charge on any atom is -0.344 e. The van der Waals surface area contributed by atoms with Gasteiger partial charge < -0.3 is 10.6 Å². The number of anilines is 1. The first kappa shape index (κ1) is 15.8. The molecule has 1 aliphatic heterocycles. The Morgan fingerprint density at radius 3 is 2.67 bits per heavy atom. The number of sulfone groups is 1. The predicted molar refractivity (Wildman–Crippen MR) is 82.1 cm³/mol. The Labute approximate surface area is 127 Å². The lowest BCUT2D eigenvalue weighted by atomic mass is 10.2. The molecule has 1 heterocycles. The zero-order valence-electron chi connectivity index (χ0n) is 11.5. The van der Waals surface area contributed by atoms with Gasteiger partial charge in [-0.1, -0.05) is 6.07 Å². The quantitative estimate of drug-likeness (QED) is 0.628. The fourth-order valence-electron chi connectivity index (χ4n) is 2.05. The van der Waals surface area contributed by atoms with Crippen LogP contribution in [0, 0.1) is 0 Å². The van der Waals surface area contributed by atoms with E-state index < -0.39 is 27.7 Å². The maximum absolute atomic E-state index is 11.8. The summed E-state index contributed by atoms with van der Waals surface area (Å²) in [5, 5.41) is 4.95. The Kier molecular flexibility index (Phi) is 4.89. The first-order valence-corrected chi connectivity index (χ1v) is 9.40.